The van der Waals surface area contributed by atoms with E-state index in [1.807, 2.05) is 12.4 Å². The van der Waals surface area contributed by atoms with Crippen LogP contribution in [0.1, 0.15) is 24.3 Å². The summed E-state index contributed by atoms with van der Waals surface area (Å²) in [7, 11) is 0. The van der Waals surface area contributed by atoms with Crippen LogP contribution in [-0.4, -0.2) is 33.3 Å². The van der Waals surface area contributed by atoms with Crippen molar-refractivity contribution in [3.8, 4) is 21.8 Å². The van der Waals surface area contributed by atoms with E-state index in [1.165, 1.54) is 34.1 Å². The molecule has 1 aliphatic heterocycles. The van der Waals surface area contributed by atoms with Crippen molar-refractivity contribution in [1.82, 2.24) is 25.5 Å². The zero-order valence-electron chi connectivity index (χ0n) is 15.9. The molecule has 0 bridgehead atoms. The van der Waals surface area contributed by atoms with Crippen LogP contribution in [0.2, 0.25) is 0 Å². The summed E-state index contributed by atoms with van der Waals surface area (Å²) < 4.78 is 0. The van der Waals surface area contributed by atoms with Crippen molar-refractivity contribution in [3.05, 3.63) is 59.7 Å². The zero-order chi connectivity index (χ0) is 19.2. The monoisotopic (exact) mass is 399 g/mol. The maximum Gasteiger partial charge on any atom is 0.116 e. The number of hydrogen-bond acceptors (Lipinski definition) is 4. The van der Waals surface area contributed by atoms with Gasteiger partial charge in [-0.1, -0.05) is 12.1 Å². The topological polar surface area (TPSA) is 69.4 Å². The first-order valence-electron chi connectivity index (χ1n) is 10.1. The van der Waals surface area contributed by atoms with Gasteiger partial charge in [0.15, 0.2) is 0 Å². The molecule has 0 saturated carbocycles. The lowest BCUT2D eigenvalue weighted by molar-refractivity contribution is 0.460. The maximum atomic E-state index is 4.65. The molecule has 6 rings (SSSR count). The molecule has 0 spiro atoms. The van der Waals surface area contributed by atoms with Crippen LogP contribution in [0.15, 0.2) is 54.2 Å². The molecule has 3 N–H and O–H groups in total. The van der Waals surface area contributed by atoms with Gasteiger partial charge < -0.3 is 10.3 Å². The van der Waals surface area contributed by atoms with Gasteiger partial charge in [-0.25, -0.2) is 0 Å². The summed E-state index contributed by atoms with van der Waals surface area (Å²) in [4.78, 5) is 9.21. The van der Waals surface area contributed by atoms with Crippen molar-refractivity contribution in [3.63, 3.8) is 0 Å². The molecule has 1 saturated heterocycles. The summed E-state index contributed by atoms with van der Waals surface area (Å²) in [6.45, 7) is 2.20. The lowest BCUT2D eigenvalue weighted by Crippen LogP contribution is -2.26. The lowest BCUT2D eigenvalue weighted by Gasteiger charge is -2.23. The molecule has 1 fully saturated rings. The van der Waals surface area contributed by atoms with Gasteiger partial charge in [0.2, 0.25) is 0 Å². The summed E-state index contributed by atoms with van der Waals surface area (Å²) >= 11 is 1.74. The Morgan fingerprint density at radius 3 is 2.76 bits per heavy atom. The van der Waals surface area contributed by atoms with E-state index in [0.29, 0.717) is 5.92 Å². The number of nitrogens with one attached hydrogen (secondary N) is 3. The van der Waals surface area contributed by atoms with E-state index in [4.69, 9.17) is 0 Å². The molecule has 5 aromatic rings. The van der Waals surface area contributed by atoms with Crippen LogP contribution in [0.5, 0.6) is 0 Å². The van der Waals surface area contributed by atoms with E-state index in [0.717, 1.165) is 41.1 Å². The number of rotatable bonds is 3. The molecule has 29 heavy (non-hydrogen) atoms. The van der Waals surface area contributed by atoms with Gasteiger partial charge in [-0.3, -0.25) is 10.1 Å². The summed E-state index contributed by atoms with van der Waals surface area (Å²) in [6.07, 6.45) is 6.23. The lowest BCUT2D eigenvalue weighted by atomic mass is 9.89. The van der Waals surface area contributed by atoms with Gasteiger partial charge in [-0.05, 0) is 67.1 Å². The standard InChI is InChI=1S/C23H21N5S/c1-2-22(29-9-1)18-12-25-13-21-16(18)11-20(26-21)23-17-10-15(3-4-19(17)27-28-23)14-5-7-24-8-6-14/h1-4,9-14,24,26H,5-8H2,(H,27,28). The maximum absolute atomic E-state index is 4.65. The number of benzene rings is 1. The quantitative estimate of drug-likeness (QED) is 0.385. The molecule has 0 amide bonds. The summed E-state index contributed by atoms with van der Waals surface area (Å²) in [5.41, 5.74) is 6.70. The molecule has 0 radical (unpaired) electrons. The van der Waals surface area contributed by atoms with E-state index >= 15 is 0 Å². The van der Waals surface area contributed by atoms with Gasteiger partial charge in [0, 0.05) is 27.4 Å². The van der Waals surface area contributed by atoms with Crippen LogP contribution in [0.25, 0.3) is 43.6 Å². The Kier molecular flexibility index (Phi) is 3.99. The Balaban J connectivity index is 1.48. The summed E-state index contributed by atoms with van der Waals surface area (Å²) in [5, 5.41) is 15.8. The van der Waals surface area contributed by atoms with E-state index in [-0.39, 0.29) is 0 Å². The molecule has 0 atom stereocenters. The molecule has 5 nitrogen and oxygen atoms in total. The fourth-order valence-corrected chi connectivity index (χ4v) is 5.20. The van der Waals surface area contributed by atoms with Crippen molar-refractivity contribution in [1.29, 1.82) is 0 Å². The Morgan fingerprint density at radius 2 is 1.90 bits per heavy atom. The fourth-order valence-electron chi connectivity index (χ4n) is 4.45. The van der Waals surface area contributed by atoms with Gasteiger partial charge in [0.25, 0.3) is 0 Å². The number of pyridine rings is 1. The minimum Gasteiger partial charge on any atom is -0.352 e. The summed E-state index contributed by atoms with van der Waals surface area (Å²) in [5.74, 6) is 0.626. The van der Waals surface area contributed by atoms with Crippen molar-refractivity contribution < 1.29 is 0 Å². The number of thiophene rings is 1. The molecular formula is C23H21N5S. The second kappa shape index (κ2) is 6.83. The Bertz CT molecular complexity index is 1290. The number of nitrogens with zero attached hydrogens (tertiary/aromatic N) is 2. The van der Waals surface area contributed by atoms with Crippen LogP contribution < -0.4 is 5.32 Å². The molecule has 6 heteroatoms. The molecule has 144 valence electrons. The first-order valence-corrected chi connectivity index (χ1v) is 10.9. The highest BCUT2D eigenvalue weighted by molar-refractivity contribution is 7.13. The van der Waals surface area contributed by atoms with Gasteiger partial charge >= 0.3 is 0 Å². The van der Waals surface area contributed by atoms with Crippen molar-refractivity contribution in [2.45, 2.75) is 18.8 Å². The van der Waals surface area contributed by atoms with Gasteiger partial charge in [-0.2, -0.15) is 5.10 Å². The SMILES string of the molecule is c1csc(-c2cncc3[nH]c(-c4n[nH]c5ccc(C6CCNCC6)cc45)cc23)c1. The largest absolute Gasteiger partial charge is 0.352 e. The van der Waals surface area contributed by atoms with Crippen LogP contribution in [0, 0.1) is 0 Å². The van der Waals surface area contributed by atoms with E-state index < -0.39 is 0 Å². The van der Waals surface area contributed by atoms with E-state index in [1.54, 1.807) is 11.3 Å². The van der Waals surface area contributed by atoms with Crippen molar-refractivity contribution in [2.75, 3.05) is 13.1 Å². The second-order valence-electron chi connectivity index (χ2n) is 7.71. The Labute approximate surface area is 172 Å². The van der Waals surface area contributed by atoms with Crippen LogP contribution in [0.4, 0.5) is 0 Å². The third-order valence-electron chi connectivity index (χ3n) is 5.98. The van der Waals surface area contributed by atoms with Crippen LogP contribution in [0.3, 0.4) is 0 Å². The molecular weight excluding hydrogens is 378 g/mol. The molecule has 0 unspecified atom stereocenters. The zero-order valence-corrected chi connectivity index (χ0v) is 16.7. The minimum absolute atomic E-state index is 0.626. The first-order chi connectivity index (χ1) is 14.4. The number of hydrogen-bond donors (Lipinski definition) is 3. The third-order valence-corrected chi connectivity index (χ3v) is 6.89. The predicted molar refractivity (Wildman–Crippen MR) is 119 cm³/mol. The highest BCUT2D eigenvalue weighted by Gasteiger charge is 2.18. The second-order valence-corrected chi connectivity index (χ2v) is 8.66. The highest BCUT2D eigenvalue weighted by atomic mass is 32.1. The van der Waals surface area contributed by atoms with Crippen LogP contribution >= 0.6 is 11.3 Å². The minimum atomic E-state index is 0.626. The molecule has 1 aliphatic rings. The predicted octanol–water partition coefficient (Wildman–Crippen LogP) is 5.30. The smallest absolute Gasteiger partial charge is 0.116 e. The van der Waals surface area contributed by atoms with Gasteiger partial charge in [0.1, 0.15) is 5.69 Å². The van der Waals surface area contributed by atoms with Gasteiger partial charge in [-0.15, -0.1) is 11.3 Å². The van der Waals surface area contributed by atoms with E-state index in [9.17, 15) is 0 Å². The molecule has 5 heterocycles. The summed E-state index contributed by atoms with van der Waals surface area (Å²) in [6, 6.07) is 13.2. The number of aromatic nitrogens is 4. The number of fused-ring (bicyclic) bond motifs is 2. The number of piperidine rings is 1. The van der Waals surface area contributed by atoms with Gasteiger partial charge in [0.05, 0.1) is 22.9 Å². The third kappa shape index (κ3) is 2.87. The Morgan fingerprint density at radius 1 is 0.966 bits per heavy atom. The average molecular weight is 400 g/mol. The van der Waals surface area contributed by atoms with Crippen molar-refractivity contribution in [2.24, 2.45) is 0 Å². The normalized spacial score (nSPS) is 15.4. The average Bonchev–Trinajstić information content (AvgIpc) is 3.52. The number of H-pyrrole nitrogens is 2. The Hall–Kier alpha value is -2.96. The first kappa shape index (κ1) is 16.9. The molecule has 4 aromatic heterocycles. The van der Waals surface area contributed by atoms with E-state index in [2.05, 4.69) is 67.3 Å². The number of aromatic amines is 2. The van der Waals surface area contributed by atoms with Crippen molar-refractivity contribution >= 4 is 33.1 Å². The molecule has 0 aliphatic carbocycles. The highest BCUT2D eigenvalue weighted by Crippen LogP contribution is 2.36. The van der Waals surface area contributed by atoms with Crippen LogP contribution in [-0.2, 0) is 0 Å². The fraction of sp³-hybridized carbons (Fsp3) is 0.217. The molecule has 1 aromatic carbocycles.